The first-order valence-corrected chi connectivity index (χ1v) is 6.15. The van der Waals surface area contributed by atoms with E-state index >= 15 is 0 Å². The lowest BCUT2D eigenvalue weighted by Crippen LogP contribution is -2.37. The van der Waals surface area contributed by atoms with Gasteiger partial charge in [0, 0.05) is 11.6 Å². The third-order valence-electron chi connectivity index (χ3n) is 3.06. The van der Waals surface area contributed by atoms with Crippen molar-refractivity contribution in [1.29, 1.82) is 5.26 Å². The number of nitriles is 1. The summed E-state index contributed by atoms with van der Waals surface area (Å²) in [7, 11) is 0. The lowest BCUT2D eigenvalue weighted by molar-refractivity contribution is 0.184. The molecule has 0 saturated heterocycles. The molecule has 0 amide bonds. The minimum absolute atomic E-state index is 0.682. The maximum Gasteiger partial charge on any atom is 0.0943 e. The van der Waals surface area contributed by atoms with E-state index in [0.29, 0.717) is 6.04 Å². The van der Waals surface area contributed by atoms with Crippen molar-refractivity contribution in [2.75, 3.05) is 13.1 Å². The SMILES string of the molecule is CCCN(CCC)[C@@H]1CC=C(C#N)CC1. The van der Waals surface area contributed by atoms with Crippen LogP contribution < -0.4 is 0 Å². The van der Waals surface area contributed by atoms with Crippen LogP contribution in [0.5, 0.6) is 0 Å². The van der Waals surface area contributed by atoms with E-state index in [-0.39, 0.29) is 0 Å². The zero-order valence-electron chi connectivity index (χ0n) is 10.00. The average molecular weight is 206 g/mol. The number of nitrogens with zero attached hydrogens (tertiary/aromatic N) is 2. The largest absolute Gasteiger partial charge is 0.300 e. The summed E-state index contributed by atoms with van der Waals surface area (Å²) < 4.78 is 0. The number of hydrogen-bond acceptors (Lipinski definition) is 2. The highest BCUT2D eigenvalue weighted by Gasteiger charge is 2.19. The fourth-order valence-corrected chi connectivity index (χ4v) is 2.30. The van der Waals surface area contributed by atoms with Crippen molar-refractivity contribution in [1.82, 2.24) is 4.90 Å². The molecule has 0 bridgehead atoms. The molecule has 0 unspecified atom stereocenters. The van der Waals surface area contributed by atoms with Gasteiger partial charge in [-0.1, -0.05) is 19.9 Å². The molecule has 0 N–H and O–H groups in total. The summed E-state index contributed by atoms with van der Waals surface area (Å²) in [4.78, 5) is 2.59. The molecule has 0 aromatic rings. The summed E-state index contributed by atoms with van der Waals surface area (Å²) in [5.74, 6) is 0. The Labute approximate surface area is 93.6 Å². The van der Waals surface area contributed by atoms with Gasteiger partial charge in [0.15, 0.2) is 0 Å². The number of rotatable bonds is 5. The maximum absolute atomic E-state index is 8.79. The van der Waals surface area contributed by atoms with Gasteiger partial charge < -0.3 is 4.90 Å². The third-order valence-corrected chi connectivity index (χ3v) is 3.06. The molecule has 0 aromatic carbocycles. The summed E-state index contributed by atoms with van der Waals surface area (Å²) >= 11 is 0. The van der Waals surface area contributed by atoms with Gasteiger partial charge in [-0.2, -0.15) is 5.26 Å². The van der Waals surface area contributed by atoms with Gasteiger partial charge in [-0.3, -0.25) is 0 Å². The van der Waals surface area contributed by atoms with Crippen molar-refractivity contribution in [3.63, 3.8) is 0 Å². The quantitative estimate of drug-likeness (QED) is 0.691. The molecule has 15 heavy (non-hydrogen) atoms. The highest BCUT2D eigenvalue weighted by molar-refractivity contribution is 5.23. The predicted molar refractivity (Wildman–Crippen MR) is 63.5 cm³/mol. The van der Waals surface area contributed by atoms with Crippen molar-refractivity contribution in [3.05, 3.63) is 11.6 Å². The Hall–Kier alpha value is -0.810. The third kappa shape index (κ3) is 3.68. The predicted octanol–water partition coefficient (Wildman–Crippen LogP) is 3.11. The highest BCUT2D eigenvalue weighted by Crippen LogP contribution is 2.22. The number of hydrogen-bond donors (Lipinski definition) is 0. The topological polar surface area (TPSA) is 27.0 Å². The first kappa shape index (κ1) is 12.3. The second-order valence-electron chi connectivity index (χ2n) is 4.31. The van der Waals surface area contributed by atoms with E-state index in [1.165, 1.54) is 32.4 Å². The summed E-state index contributed by atoms with van der Waals surface area (Å²) in [5, 5.41) is 8.79. The van der Waals surface area contributed by atoms with E-state index in [4.69, 9.17) is 5.26 Å². The molecule has 2 heteroatoms. The first-order valence-electron chi connectivity index (χ1n) is 6.15. The standard InChI is InChI=1S/C13H22N2/c1-3-9-15(10-4-2)13-7-5-12(11-14)6-8-13/h5,13H,3-4,6-10H2,1-2H3/t13-/m1/s1. The van der Waals surface area contributed by atoms with Crippen LogP contribution in [0.25, 0.3) is 0 Å². The van der Waals surface area contributed by atoms with Gasteiger partial charge in [-0.25, -0.2) is 0 Å². The molecular weight excluding hydrogens is 184 g/mol. The maximum atomic E-state index is 8.79. The fraction of sp³-hybridized carbons (Fsp3) is 0.769. The Morgan fingerprint density at radius 2 is 2.07 bits per heavy atom. The zero-order valence-corrected chi connectivity index (χ0v) is 10.00. The van der Waals surface area contributed by atoms with Gasteiger partial charge >= 0.3 is 0 Å². The van der Waals surface area contributed by atoms with Crippen molar-refractivity contribution in [3.8, 4) is 6.07 Å². The van der Waals surface area contributed by atoms with E-state index in [1.807, 2.05) is 0 Å². The molecule has 1 aliphatic carbocycles. The molecule has 84 valence electrons. The van der Waals surface area contributed by atoms with Crippen LogP contribution in [-0.2, 0) is 0 Å². The molecule has 0 saturated carbocycles. The second kappa shape index (κ2) is 6.63. The van der Waals surface area contributed by atoms with Gasteiger partial charge in [-0.15, -0.1) is 0 Å². The first-order chi connectivity index (χ1) is 7.31. The summed E-state index contributed by atoms with van der Waals surface area (Å²) in [6.45, 7) is 6.88. The van der Waals surface area contributed by atoms with Crippen LogP contribution in [0.1, 0.15) is 46.0 Å². The molecule has 0 spiro atoms. The molecule has 0 heterocycles. The molecule has 1 aliphatic rings. The van der Waals surface area contributed by atoms with Crippen LogP contribution in [0, 0.1) is 11.3 Å². The van der Waals surface area contributed by atoms with Crippen LogP contribution in [-0.4, -0.2) is 24.0 Å². The Morgan fingerprint density at radius 3 is 2.47 bits per heavy atom. The lowest BCUT2D eigenvalue weighted by Gasteiger charge is -2.32. The monoisotopic (exact) mass is 206 g/mol. The van der Waals surface area contributed by atoms with E-state index in [0.717, 1.165) is 18.4 Å². The van der Waals surface area contributed by atoms with Gasteiger partial charge in [-0.05, 0) is 45.2 Å². The van der Waals surface area contributed by atoms with Gasteiger partial charge in [0.2, 0.25) is 0 Å². The molecule has 0 radical (unpaired) electrons. The Bertz CT molecular complexity index is 244. The summed E-state index contributed by atoms with van der Waals surface area (Å²) in [6.07, 6.45) is 7.80. The molecule has 0 aromatic heterocycles. The van der Waals surface area contributed by atoms with E-state index in [2.05, 4.69) is 30.9 Å². The van der Waals surface area contributed by atoms with Crippen molar-refractivity contribution in [2.45, 2.75) is 52.0 Å². The Balaban J connectivity index is 2.49. The van der Waals surface area contributed by atoms with Gasteiger partial charge in [0.25, 0.3) is 0 Å². The molecule has 1 rings (SSSR count). The molecule has 0 aliphatic heterocycles. The average Bonchev–Trinajstić information content (AvgIpc) is 2.29. The molecule has 0 fully saturated rings. The Kier molecular flexibility index (Phi) is 5.42. The second-order valence-corrected chi connectivity index (χ2v) is 4.31. The van der Waals surface area contributed by atoms with Crippen molar-refractivity contribution >= 4 is 0 Å². The molecule has 1 atom stereocenters. The van der Waals surface area contributed by atoms with Gasteiger partial charge in [0.1, 0.15) is 0 Å². The van der Waals surface area contributed by atoms with Crippen LogP contribution in [0.15, 0.2) is 11.6 Å². The Morgan fingerprint density at radius 1 is 1.40 bits per heavy atom. The van der Waals surface area contributed by atoms with Crippen molar-refractivity contribution in [2.24, 2.45) is 0 Å². The van der Waals surface area contributed by atoms with E-state index in [9.17, 15) is 0 Å². The van der Waals surface area contributed by atoms with Crippen LogP contribution in [0.2, 0.25) is 0 Å². The minimum Gasteiger partial charge on any atom is -0.300 e. The van der Waals surface area contributed by atoms with Crippen LogP contribution >= 0.6 is 0 Å². The van der Waals surface area contributed by atoms with Crippen LogP contribution in [0.3, 0.4) is 0 Å². The highest BCUT2D eigenvalue weighted by atomic mass is 15.1. The van der Waals surface area contributed by atoms with E-state index < -0.39 is 0 Å². The summed E-state index contributed by atoms with van der Waals surface area (Å²) in [6, 6.07) is 2.95. The molecule has 2 nitrogen and oxygen atoms in total. The smallest absolute Gasteiger partial charge is 0.0943 e. The van der Waals surface area contributed by atoms with Gasteiger partial charge in [0.05, 0.1) is 6.07 Å². The van der Waals surface area contributed by atoms with Crippen molar-refractivity contribution < 1.29 is 0 Å². The minimum atomic E-state index is 0.682. The fourth-order valence-electron chi connectivity index (χ4n) is 2.30. The summed E-state index contributed by atoms with van der Waals surface area (Å²) in [5.41, 5.74) is 0.985. The van der Waals surface area contributed by atoms with Crippen LogP contribution in [0.4, 0.5) is 0 Å². The molecular formula is C13H22N2. The zero-order chi connectivity index (χ0) is 11.1. The van der Waals surface area contributed by atoms with E-state index in [1.54, 1.807) is 0 Å². The normalized spacial score (nSPS) is 21.2. The number of allylic oxidation sites excluding steroid dienone is 1. The lowest BCUT2D eigenvalue weighted by atomic mass is 9.94.